The van der Waals surface area contributed by atoms with Gasteiger partial charge in [0.05, 0.1) is 6.20 Å². The van der Waals surface area contributed by atoms with E-state index in [4.69, 9.17) is 0 Å². The van der Waals surface area contributed by atoms with Gasteiger partial charge in [0.1, 0.15) is 11.8 Å². The van der Waals surface area contributed by atoms with Gasteiger partial charge in [-0.1, -0.05) is 48.5 Å². The fourth-order valence-electron chi connectivity index (χ4n) is 3.04. The minimum absolute atomic E-state index is 0.547. The first kappa shape index (κ1) is 14.6. The predicted molar refractivity (Wildman–Crippen MR) is 104 cm³/mol. The highest BCUT2D eigenvalue weighted by atomic mass is 15.2. The summed E-state index contributed by atoms with van der Waals surface area (Å²) in [5, 5.41) is 5.67. The highest BCUT2D eigenvalue weighted by Crippen LogP contribution is 2.22. The van der Waals surface area contributed by atoms with Crippen molar-refractivity contribution in [2.24, 2.45) is 0 Å². The van der Waals surface area contributed by atoms with E-state index in [0.29, 0.717) is 5.95 Å². The van der Waals surface area contributed by atoms with Gasteiger partial charge in [-0.05, 0) is 35.0 Å². The van der Waals surface area contributed by atoms with Crippen molar-refractivity contribution < 1.29 is 0 Å². The van der Waals surface area contributed by atoms with Crippen LogP contribution in [0.2, 0.25) is 0 Å². The van der Waals surface area contributed by atoms with Crippen molar-refractivity contribution in [1.29, 1.82) is 0 Å². The van der Waals surface area contributed by atoms with Gasteiger partial charge in [0.2, 0.25) is 5.95 Å². The monoisotopic (exact) mass is 337 g/mol. The average Bonchev–Trinajstić information content (AvgIpc) is 3.12. The van der Waals surface area contributed by atoms with Crippen molar-refractivity contribution in [3.8, 4) is 5.69 Å². The summed E-state index contributed by atoms with van der Waals surface area (Å²) in [6.07, 6.45) is 3.51. The molecule has 0 aliphatic rings. The number of nitrogens with one attached hydrogen (secondary N) is 1. The topological polar surface area (TPSA) is 55.6 Å². The third-order valence-corrected chi connectivity index (χ3v) is 4.33. The van der Waals surface area contributed by atoms with Gasteiger partial charge < -0.3 is 5.32 Å². The summed E-state index contributed by atoms with van der Waals surface area (Å²) >= 11 is 0. The van der Waals surface area contributed by atoms with E-state index in [1.807, 2.05) is 53.1 Å². The van der Waals surface area contributed by atoms with Crippen LogP contribution < -0.4 is 5.32 Å². The Morgan fingerprint density at radius 1 is 0.769 bits per heavy atom. The van der Waals surface area contributed by atoms with E-state index < -0.39 is 0 Å². The molecule has 124 valence electrons. The molecule has 0 unspecified atom stereocenters. The van der Waals surface area contributed by atoms with Crippen LogP contribution in [0.5, 0.6) is 0 Å². The molecule has 0 aliphatic heterocycles. The lowest BCUT2D eigenvalue weighted by atomic mass is 10.1. The number of nitrogens with zero attached hydrogens (tertiary/aromatic N) is 4. The Bertz CT molecular complexity index is 1210. The van der Waals surface area contributed by atoms with E-state index in [-0.39, 0.29) is 0 Å². The first-order valence-electron chi connectivity index (χ1n) is 8.38. The second-order valence-electron chi connectivity index (χ2n) is 6.04. The molecule has 0 radical (unpaired) electrons. The van der Waals surface area contributed by atoms with Crippen LogP contribution in [-0.2, 0) is 0 Å². The number of benzene rings is 3. The number of imidazole rings is 1. The van der Waals surface area contributed by atoms with Crippen molar-refractivity contribution in [1.82, 2.24) is 19.5 Å². The van der Waals surface area contributed by atoms with Crippen LogP contribution in [-0.4, -0.2) is 19.5 Å². The highest BCUT2D eigenvalue weighted by Gasteiger charge is 2.08. The van der Waals surface area contributed by atoms with Crippen LogP contribution >= 0.6 is 0 Å². The lowest BCUT2D eigenvalue weighted by molar-refractivity contribution is 1.06. The summed E-state index contributed by atoms with van der Waals surface area (Å²) in [7, 11) is 0. The van der Waals surface area contributed by atoms with Crippen LogP contribution in [0.15, 0.2) is 85.3 Å². The molecule has 0 saturated carbocycles. The van der Waals surface area contributed by atoms with Crippen molar-refractivity contribution >= 4 is 33.6 Å². The summed E-state index contributed by atoms with van der Waals surface area (Å²) in [6.45, 7) is 0. The van der Waals surface area contributed by atoms with Crippen LogP contribution in [0, 0.1) is 0 Å². The Morgan fingerprint density at radius 3 is 2.46 bits per heavy atom. The van der Waals surface area contributed by atoms with Crippen LogP contribution in [0.3, 0.4) is 0 Å². The summed E-state index contributed by atoms with van der Waals surface area (Å²) < 4.78 is 1.96. The van der Waals surface area contributed by atoms with Gasteiger partial charge in [0, 0.05) is 11.4 Å². The van der Waals surface area contributed by atoms with Crippen molar-refractivity contribution in [3.05, 3.63) is 85.3 Å². The fraction of sp³-hybridized carbons (Fsp3) is 0. The number of aromatic nitrogens is 4. The van der Waals surface area contributed by atoms with E-state index in [1.165, 1.54) is 10.8 Å². The van der Waals surface area contributed by atoms with Crippen molar-refractivity contribution in [2.75, 3.05) is 5.32 Å². The van der Waals surface area contributed by atoms with Gasteiger partial charge >= 0.3 is 0 Å². The van der Waals surface area contributed by atoms with E-state index in [9.17, 15) is 0 Å². The molecule has 0 bridgehead atoms. The standard InChI is InChI=1S/C21H15N5/c1-2-8-18(9-3-1)26-14-23-19-13-22-21(25-20(19)26)24-17-11-10-15-6-4-5-7-16(15)12-17/h1-14H,(H,22,24,25). The SMILES string of the molecule is c1ccc(-n2cnc3cnc(Nc4ccc5ccccc5c4)nc32)cc1. The summed E-state index contributed by atoms with van der Waals surface area (Å²) in [5.41, 5.74) is 3.51. The Balaban J connectivity index is 1.54. The van der Waals surface area contributed by atoms with E-state index in [2.05, 4.69) is 44.5 Å². The molecule has 2 heterocycles. The predicted octanol–water partition coefficient (Wildman–Crippen LogP) is 4.71. The molecule has 0 saturated heterocycles. The number of anilines is 2. The second-order valence-corrected chi connectivity index (χ2v) is 6.04. The van der Waals surface area contributed by atoms with Crippen molar-refractivity contribution in [3.63, 3.8) is 0 Å². The highest BCUT2D eigenvalue weighted by molar-refractivity contribution is 5.86. The summed E-state index contributed by atoms with van der Waals surface area (Å²) in [5.74, 6) is 0.547. The lowest BCUT2D eigenvalue weighted by Gasteiger charge is -2.07. The normalized spacial score (nSPS) is 11.1. The van der Waals surface area contributed by atoms with Gasteiger partial charge in [-0.2, -0.15) is 4.98 Å². The molecule has 5 nitrogen and oxygen atoms in total. The minimum Gasteiger partial charge on any atom is -0.324 e. The molecule has 0 atom stereocenters. The zero-order valence-corrected chi connectivity index (χ0v) is 13.9. The van der Waals surface area contributed by atoms with Gasteiger partial charge in [0.25, 0.3) is 0 Å². The van der Waals surface area contributed by atoms with Crippen LogP contribution in [0.25, 0.3) is 27.6 Å². The van der Waals surface area contributed by atoms with E-state index in [0.717, 1.165) is 22.5 Å². The summed E-state index contributed by atoms with van der Waals surface area (Å²) in [4.78, 5) is 13.5. The fourth-order valence-corrected chi connectivity index (χ4v) is 3.04. The Kier molecular flexibility index (Phi) is 3.35. The Morgan fingerprint density at radius 2 is 1.58 bits per heavy atom. The number of hydrogen-bond acceptors (Lipinski definition) is 4. The Hall–Kier alpha value is -3.73. The van der Waals surface area contributed by atoms with Gasteiger partial charge in [0.15, 0.2) is 5.65 Å². The van der Waals surface area contributed by atoms with E-state index in [1.54, 1.807) is 12.5 Å². The number of fused-ring (bicyclic) bond motifs is 2. The van der Waals surface area contributed by atoms with Gasteiger partial charge in [-0.15, -0.1) is 0 Å². The smallest absolute Gasteiger partial charge is 0.229 e. The molecular formula is C21H15N5. The molecule has 0 spiro atoms. The Labute approximate surface area is 150 Å². The zero-order valence-electron chi connectivity index (χ0n) is 13.9. The quantitative estimate of drug-likeness (QED) is 0.518. The minimum atomic E-state index is 0.547. The van der Waals surface area contributed by atoms with Crippen LogP contribution in [0.1, 0.15) is 0 Å². The van der Waals surface area contributed by atoms with Crippen molar-refractivity contribution in [2.45, 2.75) is 0 Å². The number of rotatable bonds is 3. The molecule has 26 heavy (non-hydrogen) atoms. The molecule has 0 amide bonds. The molecule has 0 fully saturated rings. The maximum Gasteiger partial charge on any atom is 0.229 e. The first-order chi connectivity index (χ1) is 12.9. The largest absolute Gasteiger partial charge is 0.324 e. The molecule has 1 N–H and O–H groups in total. The van der Waals surface area contributed by atoms with Gasteiger partial charge in [-0.25, -0.2) is 9.97 Å². The summed E-state index contributed by atoms with van der Waals surface area (Å²) in [6, 6.07) is 24.5. The lowest BCUT2D eigenvalue weighted by Crippen LogP contribution is -1.99. The first-order valence-corrected chi connectivity index (χ1v) is 8.38. The second kappa shape index (κ2) is 5.97. The molecule has 5 rings (SSSR count). The van der Waals surface area contributed by atoms with E-state index >= 15 is 0 Å². The third-order valence-electron chi connectivity index (χ3n) is 4.33. The molecule has 5 aromatic rings. The molecule has 3 aromatic carbocycles. The molecule has 0 aliphatic carbocycles. The van der Waals surface area contributed by atoms with Gasteiger partial charge in [-0.3, -0.25) is 4.57 Å². The molecular weight excluding hydrogens is 322 g/mol. The average molecular weight is 337 g/mol. The molecule has 2 aromatic heterocycles. The van der Waals surface area contributed by atoms with Crippen LogP contribution in [0.4, 0.5) is 11.6 Å². The maximum absolute atomic E-state index is 4.67. The molecule has 5 heteroatoms. The number of hydrogen-bond donors (Lipinski definition) is 1. The zero-order chi connectivity index (χ0) is 17.3. The maximum atomic E-state index is 4.67. The third kappa shape index (κ3) is 2.56. The number of para-hydroxylation sites is 1.